The first-order valence-corrected chi connectivity index (χ1v) is 6.79. The van der Waals surface area contributed by atoms with E-state index in [1.807, 2.05) is 0 Å². The van der Waals surface area contributed by atoms with Crippen molar-refractivity contribution < 1.29 is 32.5 Å². The van der Waals surface area contributed by atoms with Crippen LogP contribution in [0.4, 0.5) is 8.78 Å². The molecule has 20 heavy (non-hydrogen) atoms. The molecule has 0 aliphatic heterocycles. The molecule has 2 N–H and O–H groups in total. The number of sulfonamides is 1. The fourth-order valence-corrected chi connectivity index (χ4v) is 2.22. The van der Waals surface area contributed by atoms with Crippen LogP contribution in [0.15, 0.2) is 27.5 Å². The van der Waals surface area contributed by atoms with Gasteiger partial charge in [0.25, 0.3) is 10.0 Å². The van der Waals surface area contributed by atoms with Crippen LogP contribution in [0.5, 0.6) is 0 Å². The minimum absolute atomic E-state index is 0.337. The molecule has 0 heterocycles. The average molecular weight is 308 g/mol. The first-order valence-electron chi connectivity index (χ1n) is 5.35. The van der Waals surface area contributed by atoms with Gasteiger partial charge in [0, 0.05) is 11.5 Å². The predicted octanol–water partition coefficient (Wildman–Crippen LogP) is -0.597. The Morgan fingerprint density at radius 2 is 1.90 bits per heavy atom. The number of benzene rings is 1. The standard InChI is InChI=1S/C11H13F2NO5S/c1-11(5-15,6-16)10(17)14-20(18,19)9-3-2-7(12)4-8(9)13/h2-4,15-16H,5-6H2,1H3,(H,14,17)/p-1. The Morgan fingerprint density at radius 1 is 1.35 bits per heavy atom. The van der Waals surface area contributed by atoms with Gasteiger partial charge in [0.15, 0.2) is 0 Å². The Morgan fingerprint density at radius 3 is 2.35 bits per heavy atom. The molecule has 0 radical (unpaired) electrons. The molecule has 112 valence electrons. The van der Waals surface area contributed by atoms with Gasteiger partial charge in [-0.1, -0.05) is 6.92 Å². The van der Waals surface area contributed by atoms with Gasteiger partial charge in [-0.2, -0.15) is 12.8 Å². The van der Waals surface area contributed by atoms with Gasteiger partial charge in [0.1, 0.15) is 16.5 Å². The van der Waals surface area contributed by atoms with Crippen LogP contribution in [-0.4, -0.2) is 37.7 Å². The molecule has 6 nitrogen and oxygen atoms in total. The number of hydrogen-bond acceptors (Lipinski definition) is 5. The minimum atomic E-state index is -4.70. The van der Waals surface area contributed by atoms with Gasteiger partial charge in [-0.25, -0.2) is 8.78 Å². The topological polar surface area (TPSA) is 110 Å². The maximum absolute atomic E-state index is 13.4. The highest BCUT2D eigenvalue weighted by Crippen LogP contribution is 2.21. The lowest BCUT2D eigenvalue weighted by molar-refractivity contribution is -0.233. The van der Waals surface area contributed by atoms with Crippen molar-refractivity contribution in [2.45, 2.75) is 11.8 Å². The van der Waals surface area contributed by atoms with E-state index >= 15 is 0 Å². The largest absolute Gasteiger partial charge is 0.861 e. The molecule has 1 aromatic rings. The van der Waals surface area contributed by atoms with Crippen molar-refractivity contribution in [2.24, 2.45) is 9.81 Å². The lowest BCUT2D eigenvalue weighted by Gasteiger charge is -2.30. The summed E-state index contributed by atoms with van der Waals surface area (Å²) in [5.41, 5.74) is -1.80. The molecule has 0 fully saturated rings. The highest BCUT2D eigenvalue weighted by atomic mass is 32.2. The molecule has 0 amide bonds. The third kappa shape index (κ3) is 3.30. The van der Waals surface area contributed by atoms with Crippen molar-refractivity contribution in [3.63, 3.8) is 0 Å². The van der Waals surface area contributed by atoms with E-state index in [2.05, 4.69) is 4.40 Å². The van der Waals surface area contributed by atoms with Crippen LogP contribution in [0, 0.1) is 17.0 Å². The molecule has 0 aliphatic carbocycles. The summed E-state index contributed by atoms with van der Waals surface area (Å²) in [6.07, 6.45) is 0. The van der Waals surface area contributed by atoms with Gasteiger partial charge in [-0.05, 0) is 18.0 Å². The van der Waals surface area contributed by atoms with Crippen molar-refractivity contribution in [3.05, 3.63) is 29.8 Å². The van der Waals surface area contributed by atoms with E-state index < -0.39 is 51.1 Å². The fraction of sp³-hybridized carbons (Fsp3) is 0.364. The van der Waals surface area contributed by atoms with Gasteiger partial charge in [0.05, 0.1) is 13.2 Å². The van der Waals surface area contributed by atoms with E-state index in [4.69, 9.17) is 10.2 Å². The summed E-state index contributed by atoms with van der Waals surface area (Å²) < 4.78 is 52.4. The molecule has 1 aromatic carbocycles. The lowest BCUT2D eigenvalue weighted by Crippen LogP contribution is -2.43. The monoisotopic (exact) mass is 308 g/mol. The number of aliphatic hydroxyl groups is 2. The van der Waals surface area contributed by atoms with E-state index in [0.717, 1.165) is 6.92 Å². The highest BCUT2D eigenvalue weighted by molar-refractivity contribution is 7.90. The van der Waals surface area contributed by atoms with E-state index in [0.29, 0.717) is 18.2 Å². The molecular formula is C11H12F2NO5S-. The minimum Gasteiger partial charge on any atom is -0.861 e. The zero-order chi connectivity index (χ0) is 15.6. The van der Waals surface area contributed by atoms with Crippen LogP contribution < -0.4 is 5.11 Å². The second-order valence-electron chi connectivity index (χ2n) is 4.32. The van der Waals surface area contributed by atoms with Gasteiger partial charge < -0.3 is 15.3 Å². The molecule has 0 aromatic heterocycles. The zero-order valence-electron chi connectivity index (χ0n) is 10.4. The van der Waals surface area contributed by atoms with Crippen molar-refractivity contribution in [1.29, 1.82) is 0 Å². The number of halogens is 2. The smallest absolute Gasteiger partial charge is 0.284 e. The maximum Gasteiger partial charge on any atom is 0.284 e. The first-order chi connectivity index (χ1) is 9.16. The summed E-state index contributed by atoms with van der Waals surface area (Å²) in [5, 5.41) is 29.5. The van der Waals surface area contributed by atoms with Crippen molar-refractivity contribution >= 4 is 15.9 Å². The number of nitrogens with zero attached hydrogens (tertiary/aromatic N) is 1. The number of aliphatic hydroxyl groups excluding tert-OH is 2. The summed E-state index contributed by atoms with van der Waals surface area (Å²) in [6, 6.07) is 1.67. The van der Waals surface area contributed by atoms with Crippen LogP contribution in [0.2, 0.25) is 0 Å². The van der Waals surface area contributed by atoms with Gasteiger partial charge in [-0.3, -0.25) is 0 Å². The van der Waals surface area contributed by atoms with E-state index in [1.54, 1.807) is 0 Å². The summed E-state index contributed by atoms with van der Waals surface area (Å²) in [4.78, 5) is -0.967. The molecule has 0 atom stereocenters. The number of rotatable bonds is 5. The third-order valence-electron chi connectivity index (χ3n) is 2.59. The van der Waals surface area contributed by atoms with Gasteiger partial charge in [0.2, 0.25) is 0 Å². The third-order valence-corrected chi connectivity index (χ3v) is 3.88. The highest BCUT2D eigenvalue weighted by Gasteiger charge is 2.26. The second-order valence-corrected chi connectivity index (χ2v) is 5.90. The summed E-state index contributed by atoms with van der Waals surface area (Å²) in [5.74, 6) is -3.70. The van der Waals surface area contributed by atoms with Crippen molar-refractivity contribution in [3.8, 4) is 0 Å². The Kier molecular flexibility index (Phi) is 4.79. The maximum atomic E-state index is 13.4. The quantitative estimate of drug-likeness (QED) is 0.558. The molecule has 0 saturated heterocycles. The molecule has 0 spiro atoms. The molecule has 0 bridgehead atoms. The lowest BCUT2D eigenvalue weighted by atomic mass is 9.93. The predicted molar refractivity (Wildman–Crippen MR) is 63.3 cm³/mol. The zero-order valence-corrected chi connectivity index (χ0v) is 11.2. The Balaban J connectivity index is 3.31. The van der Waals surface area contributed by atoms with Gasteiger partial charge in [-0.15, -0.1) is 0 Å². The van der Waals surface area contributed by atoms with Crippen molar-refractivity contribution in [1.82, 2.24) is 0 Å². The van der Waals surface area contributed by atoms with Crippen LogP contribution in [0.25, 0.3) is 0 Å². The Labute approximate surface area is 114 Å². The summed E-state index contributed by atoms with van der Waals surface area (Å²) in [6.45, 7) is -0.587. The summed E-state index contributed by atoms with van der Waals surface area (Å²) in [7, 11) is -4.70. The van der Waals surface area contributed by atoms with Crippen molar-refractivity contribution in [2.75, 3.05) is 13.2 Å². The Bertz CT molecular complexity index is 626. The molecule has 0 aliphatic rings. The molecule has 0 saturated carbocycles. The molecular weight excluding hydrogens is 296 g/mol. The van der Waals surface area contributed by atoms with E-state index in [9.17, 15) is 22.3 Å². The normalized spacial score (nSPS) is 13.6. The van der Waals surface area contributed by atoms with Gasteiger partial charge >= 0.3 is 0 Å². The van der Waals surface area contributed by atoms with Crippen LogP contribution in [0.3, 0.4) is 0 Å². The van der Waals surface area contributed by atoms with E-state index in [1.165, 1.54) is 0 Å². The number of hydrogen-bond donors (Lipinski definition) is 2. The van der Waals surface area contributed by atoms with Crippen LogP contribution >= 0.6 is 0 Å². The fourth-order valence-electron chi connectivity index (χ4n) is 1.14. The van der Waals surface area contributed by atoms with E-state index in [-0.39, 0.29) is 0 Å². The average Bonchev–Trinajstić information content (AvgIpc) is 2.36. The first kappa shape index (κ1) is 16.5. The SMILES string of the molecule is CC(CO)(CO)/C([O-])=N/S(=O)(=O)c1ccc(F)cc1F. The summed E-state index contributed by atoms with van der Waals surface area (Å²) >= 11 is 0. The van der Waals surface area contributed by atoms with Crippen LogP contribution in [-0.2, 0) is 10.0 Å². The van der Waals surface area contributed by atoms with Crippen LogP contribution in [0.1, 0.15) is 6.92 Å². The Hall–Kier alpha value is -1.58. The molecule has 1 rings (SSSR count). The molecule has 0 unspecified atom stereocenters. The molecule has 9 heteroatoms. The second kappa shape index (κ2) is 5.81.